The summed E-state index contributed by atoms with van der Waals surface area (Å²) in [6.07, 6.45) is 6.66. The molecule has 11 unspecified atom stereocenters. The molecule has 8 heteroatoms. The van der Waals surface area contributed by atoms with Crippen LogP contribution in [-0.4, -0.2) is 68.3 Å². The van der Waals surface area contributed by atoms with Crippen LogP contribution in [0.2, 0.25) is 0 Å². The molecular formula is C26H34O8. The van der Waals surface area contributed by atoms with Gasteiger partial charge < -0.3 is 34.3 Å². The zero-order valence-electron chi connectivity index (χ0n) is 20.1. The number of ether oxygens (including phenoxy) is 4. The summed E-state index contributed by atoms with van der Waals surface area (Å²) in [5.41, 5.74) is -1.23. The van der Waals surface area contributed by atoms with Crippen molar-refractivity contribution in [1.82, 2.24) is 0 Å². The van der Waals surface area contributed by atoms with Gasteiger partial charge in [0, 0.05) is 11.8 Å². The third-order valence-corrected chi connectivity index (χ3v) is 9.30. The Morgan fingerprint density at radius 3 is 2.79 bits per heavy atom. The summed E-state index contributed by atoms with van der Waals surface area (Å²) in [6, 6.07) is 0. The SMILES string of the molecule is CCCC=C(C)C(O)C1C(=O)OC2(C)C(O)CC3C(=COC4(C56OC5(C)CC=CC6O)OC34)C12. The van der Waals surface area contributed by atoms with E-state index in [9.17, 15) is 20.1 Å². The molecule has 3 N–H and O–H groups in total. The molecule has 34 heavy (non-hydrogen) atoms. The molecule has 186 valence electrons. The van der Waals surface area contributed by atoms with Crippen molar-refractivity contribution >= 4 is 5.97 Å². The maximum Gasteiger partial charge on any atom is 0.313 e. The highest BCUT2D eigenvalue weighted by atomic mass is 16.8. The Balaban J connectivity index is 1.37. The molecule has 11 atom stereocenters. The van der Waals surface area contributed by atoms with Crippen LogP contribution in [0.3, 0.4) is 0 Å². The van der Waals surface area contributed by atoms with Crippen LogP contribution in [0.25, 0.3) is 0 Å². The molecule has 4 fully saturated rings. The Labute approximate surface area is 199 Å². The van der Waals surface area contributed by atoms with Crippen molar-refractivity contribution in [2.75, 3.05) is 0 Å². The summed E-state index contributed by atoms with van der Waals surface area (Å²) < 4.78 is 24.4. The van der Waals surface area contributed by atoms with Gasteiger partial charge in [0.25, 0.3) is 5.79 Å². The lowest BCUT2D eigenvalue weighted by atomic mass is 9.60. The van der Waals surface area contributed by atoms with E-state index in [1.807, 2.05) is 26.0 Å². The van der Waals surface area contributed by atoms with Crippen LogP contribution in [0.15, 0.2) is 35.6 Å². The predicted octanol–water partition coefficient (Wildman–Crippen LogP) is 1.88. The first-order valence-corrected chi connectivity index (χ1v) is 12.4. The smallest absolute Gasteiger partial charge is 0.313 e. The number of epoxide rings is 2. The molecule has 0 spiro atoms. The molecule has 4 aliphatic heterocycles. The Kier molecular flexibility index (Phi) is 4.64. The molecule has 3 saturated heterocycles. The molecule has 2 aliphatic carbocycles. The van der Waals surface area contributed by atoms with E-state index < -0.39 is 64.8 Å². The van der Waals surface area contributed by atoms with Gasteiger partial charge in [0.05, 0.1) is 24.4 Å². The number of hydrogen-bond acceptors (Lipinski definition) is 8. The Bertz CT molecular complexity index is 1020. The van der Waals surface area contributed by atoms with E-state index in [-0.39, 0.29) is 5.92 Å². The van der Waals surface area contributed by atoms with E-state index in [2.05, 4.69) is 6.92 Å². The number of rotatable bonds is 5. The lowest BCUT2D eigenvalue weighted by Crippen LogP contribution is -2.58. The molecule has 0 bridgehead atoms. The van der Waals surface area contributed by atoms with Gasteiger partial charge in [-0.25, -0.2) is 0 Å². The van der Waals surface area contributed by atoms with Crippen LogP contribution in [0.1, 0.15) is 53.4 Å². The van der Waals surface area contributed by atoms with E-state index in [1.165, 1.54) is 0 Å². The Hall–Kier alpha value is -1.71. The first kappa shape index (κ1) is 22.7. The number of aliphatic hydroxyl groups excluding tert-OH is 3. The van der Waals surface area contributed by atoms with Crippen LogP contribution in [-0.2, 0) is 23.7 Å². The van der Waals surface area contributed by atoms with Crippen LogP contribution in [0.4, 0.5) is 0 Å². The van der Waals surface area contributed by atoms with Crippen LogP contribution < -0.4 is 0 Å². The van der Waals surface area contributed by atoms with Crippen LogP contribution in [0.5, 0.6) is 0 Å². The Morgan fingerprint density at radius 1 is 1.32 bits per heavy atom. The summed E-state index contributed by atoms with van der Waals surface area (Å²) in [5.74, 6) is -3.30. The Morgan fingerprint density at radius 2 is 2.09 bits per heavy atom. The highest BCUT2D eigenvalue weighted by Gasteiger charge is 2.92. The highest BCUT2D eigenvalue weighted by molar-refractivity contribution is 5.78. The van der Waals surface area contributed by atoms with Gasteiger partial charge in [0.15, 0.2) is 5.60 Å². The lowest BCUT2D eigenvalue weighted by molar-refractivity contribution is -0.163. The summed E-state index contributed by atoms with van der Waals surface area (Å²) in [6.45, 7) is 7.56. The van der Waals surface area contributed by atoms with Crippen molar-refractivity contribution in [2.24, 2.45) is 17.8 Å². The quantitative estimate of drug-likeness (QED) is 0.314. The summed E-state index contributed by atoms with van der Waals surface area (Å²) >= 11 is 0. The van der Waals surface area contributed by atoms with Gasteiger partial charge in [0.1, 0.15) is 23.4 Å². The topological polar surface area (TPSA) is 121 Å². The molecule has 1 saturated carbocycles. The van der Waals surface area contributed by atoms with Crippen molar-refractivity contribution in [1.29, 1.82) is 0 Å². The van der Waals surface area contributed by atoms with Gasteiger partial charge in [0.2, 0.25) is 0 Å². The molecular weight excluding hydrogens is 440 g/mol. The fourth-order valence-corrected chi connectivity index (χ4v) is 7.28. The number of unbranched alkanes of at least 4 members (excludes halogenated alkanes) is 1. The molecule has 6 rings (SSSR count). The standard InChI is InChI=1S/C26H34O8/c1-5-6-8-13(2)20(29)18-19-15-12-31-26(25-16(27)9-7-10-23(25,3)34-25)21(32-26)14(15)11-17(28)24(19,4)33-22(18)30/h7-9,12,14,16-21,27-29H,5-6,10-11H2,1-4H3. The third kappa shape index (κ3) is 2.53. The van der Waals surface area contributed by atoms with Gasteiger partial charge >= 0.3 is 5.97 Å². The fourth-order valence-electron chi connectivity index (χ4n) is 7.28. The normalized spacial score (nSPS) is 53.4. The number of carbonyl (C=O) groups is 1. The minimum absolute atomic E-state index is 0.244. The minimum Gasteiger partial charge on any atom is -0.464 e. The molecule has 0 aromatic carbocycles. The molecule has 8 nitrogen and oxygen atoms in total. The fraction of sp³-hybridized carbons (Fsp3) is 0.731. The number of aliphatic hydroxyl groups is 3. The first-order valence-electron chi connectivity index (χ1n) is 12.4. The van der Waals surface area contributed by atoms with E-state index in [4.69, 9.17) is 18.9 Å². The number of carbonyl (C=O) groups excluding carboxylic acids is 1. The van der Waals surface area contributed by atoms with Crippen molar-refractivity contribution in [3.8, 4) is 0 Å². The molecule has 0 radical (unpaired) electrons. The second-order valence-corrected chi connectivity index (χ2v) is 11.2. The zero-order valence-corrected chi connectivity index (χ0v) is 20.1. The molecule has 0 aromatic rings. The third-order valence-electron chi connectivity index (χ3n) is 9.30. The second kappa shape index (κ2) is 6.95. The molecule has 0 amide bonds. The predicted molar refractivity (Wildman–Crippen MR) is 119 cm³/mol. The van der Waals surface area contributed by atoms with E-state index in [0.29, 0.717) is 12.8 Å². The van der Waals surface area contributed by atoms with Gasteiger partial charge in [-0.15, -0.1) is 0 Å². The number of allylic oxidation sites excluding steroid dienone is 1. The van der Waals surface area contributed by atoms with E-state index in [1.54, 1.807) is 19.3 Å². The van der Waals surface area contributed by atoms with Gasteiger partial charge in [-0.2, -0.15) is 0 Å². The molecule has 6 aliphatic rings. The van der Waals surface area contributed by atoms with Crippen molar-refractivity contribution < 1.29 is 39.1 Å². The minimum atomic E-state index is -1.16. The number of hydrogen-bond donors (Lipinski definition) is 3. The molecule has 0 aromatic heterocycles. The van der Waals surface area contributed by atoms with Crippen molar-refractivity contribution in [3.63, 3.8) is 0 Å². The lowest BCUT2D eigenvalue weighted by Gasteiger charge is -2.46. The summed E-state index contributed by atoms with van der Waals surface area (Å²) in [7, 11) is 0. The number of esters is 1. The largest absolute Gasteiger partial charge is 0.464 e. The maximum absolute atomic E-state index is 13.1. The first-order chi connectivity index (χ1) is 16.1. The van der Waals surface area contributed by atoms with Crippen molar-refractivity contribution in [2.45, 2.75) is 100 Å². The van der Waals surface area contributed by atoms with Crippen molar-refractivity contribution in [3.05, 3.63) is 35.6 Å². The van der Waals surface area contributed by atoms with Gasteiger partial charge in [-0.05, 0) is 51.2 Å². The second-order valence-electron chi connectivity index (χ2n) is 11.2. The monoisotopic (exact) mass is 474 g/mol. The van der Waals surface area contributed by atoms with E-state index >= 15 is 0 Å². The van der Waals surface area contributed by atoms with Gasteiger partial charge in [-0.1, -0.05) is 31.6 Å². The average molecular weight is 475 g/mol. The number of fused-ring (bicyclic) bond motifs is 7. The molecule has 4 heterocycles. The summed E-state index contributed by atoms with van der Waals surface area (Å²) in [4.78, 5) is 13.1. The van der Waals surface area contributed by atoms with Gasteiger partial charge in [-0.3, -0.25) is 4.79 Å². The maximum atomic E-state index is 13.1. The summed E-state index contributed by atoms with van der Waals surface area (Å²) in [5, 5.41) is 33.2. The zero-order chi connectivity index (χ0) is 24.3. The average Bonchev–Trinajstić information content (AvgIpc) is 3.66. The van der Waals surface area contributed by atoms with Crippen LogP contribution >= 0.6 is 0 Å². The highest BCUT2D eigenvalue weighted by Crippen LogP contribution is 2.72. The van der Waals surface area contributed by atoms with E-state index in [0.717, 1.165) is 24.0 Å². The van der Waals surface area contributed by atoms with Crippen LogP contribution in [0, 0.1) is 17.8 Å².